The highest BCUT2D eigenvalue weighted by atomic mass is 19.1. The first-order valence-electron chi connectivity index (χ1n) is 9.57. The number of rotatable bonds is 5. The molecule has 5 rings (SSSR count). The van der Waals surface area contributed by atoms with Gasteiger partial charge in [0.1, 0.15) is 11.4 Å². The lowest BCUT2D eigenvalue weighted by Gasteiger charge is -2.07. The van der Waals surface area contributed by atoms with E-state index >= 15 is 0 Å². The molecule has 0 atom stereocenters. The first-order chi connectivity index (χ1) is 15.0. The van der Waals surface area contributed by atoms with Crippen LogP contribution in [0.1, 0.15) is 16.1 Å². The van der Waals surface area contributed by atoms with Crippen molar-refractivity contribution in [3.05, 3.63) is 77.8 Å². The van der Waals surface area contributed by atoms with Gasteiger partial charge in [-0.25, -0.2) is 4.39 Å². The molecule has 7 nitrogen and oxygen atoms in total. The Bertz CT molecular complexity index is 1300. The molecule has 31 heavy (non-hydrogen) atoms. The van der Waals surface area contributed by atoms with E-state index in [0.717, 1.165) is 34.2 Å². The van der Waals surface area contributed by atoms with Crippen molar-refractivity contribution in [1.82, 2.24) is 0 Å². The third kappa shape index (κ3) is 3.83. The first-order valence-corrected chi connectivity index (χ1v) is 9.57. The number of carbonyl (C=O) groups is 1. The summed E-state index contributed by atoms with van der Waals surface area (Å²) in [5.74, 6) is 0.579. The molecule has 8 heteroatoms. The monoisotopic (exact) mass is 419 g/mol. The van der Waals surface area contributed by atoms with Crippen LogP contribution in [0.25, 0.3) is 11.0 Å². The van der Waals surface area contributed by atoms with E-state index in [9.17, 15) is 9.18 Å². The van der Waals surface area contributed by atoms with Crippen molar-refractivity contribution in [1.29, 1.82) is 0 Å². The van der Waals surface area contributed by atoms with E-state index in [1.807, 2.05) is 30.3 Å². The van der Waals surface area contributed by atoms with E-state index in [1.165, 1.54) is 12.1 Å². The van der Waals surface area contributed by atoms with Gasteiger partial charge in [0, 0.05) is 17.6 Å². The second kappa shape index (κ2) is 7.56. The second-order valence-corrected chi connectivity index (χ2v) is 7.09. The molecule has 2 heterocycles. The van der Waals surface area contributed by atoms with E-state index in [4.69, 9.17) is 19.6 Å². The zero-order valence-electron chi connectivity index (χ0n) is 16.3. The molecule has 0 spiro atoms. The lowest BCUT2D eigenvalue weighted by molar-refractivity contribution is 0.0998. The van der Waals surface area contributed by atoms with Crippen LogP contribution in [0.5, 0.6) is 11.5 Å². The molecule has 0 saturated heterocycles. The Balaban J connectivity index is 1.30. The molecule has 3 aromatic carbocycles. The maximum absolute atomic E-state index is 13.4. The van der Waals surface area contributed by atoms with Crippen LogP contribution in [-0.4, -0.2) is 12.7 Å². The number of nitrogens with two attached hydrogens (primary N) is 1. The van der Waals surface area contributed by atoms with Crippen molar-refractivity contribution in [2.45, 2.75) is 6.54 Å². The molecule has 1 aliphatic rings. The second-order valence-electron chi connectivity index (χ2n) is 7.09. The number of hydrogen-bond acceptors (Lipinski definition) is 6. The Kier molecular flexibility index (Phi) is 4.59. The minimum Gasteiger partial charge on any atom is -0.454 e. The Labute approximate surface area is 176 Å². The summed E-state index contributed by atoms with van der Waals surface area (Å²) in [6, 6.07) is 16.7. The Morgan fingerprint density at radius 1 is 1.00 bits per heavy atom. The summed E-state index contributed by atoms with van der Waals surface area (Å²) >= 11 is 0. The van der Waals surface area contributed by atoms with Crippen LogP contribution < -0.4 is 25.8 Å². The molecule has 0 fully saturated rings. The summed E-state index contributed by atoms with van der Waals surface area (Å²) in [7, 11) is 0. The third-order valence-electron chi connectivity index (χ3n) is 4.94. The van der Waals surface area contributed by atoms with Crippen molar-refractivity contribution in [3.63, 3.8) is 0 Å². The Hall–Kier alpha value is -4.20. The zero-order valence-corrected chi connectivity index (χ0v) is 16.3. The number of amides is 1. The van der Waals surface area contributed by atoms with Crippen LogP contribution in [0.2, 0.25) is 0 Å². The Morgan fingerprint density at radius 3 is 2.77 bits per heavy atom. The van der Waals surface area contributed by atoms with E-state index < -0.39 is 11.7 Å². The van der Waals surface area contributed by atoms with E-state index in [2.05, 4.69) is 10.6 Å². The number of furan rings is 1. The van der Waals surface area contributed by atoms with E-state index in [0.29, 0.717) is 12.1 Å². The van der Waals surface area contributed by atoms with Crippen molar-refractivity contribution >= 4 is 33.9 Å². The number of benzene rings is 3. The van der Waals surface area contributed by atoms with Crippen LogP contribution in [0, 0.1) is 5.82 Å². The molecular formula is C23H18FN3O4. The van der Waals surface area contributed by atoms with Gasteiger partial charge in [0.2, 0.25) is 6.79 Å². The van der Waals surface area contributed by atoms with E-state index in [-0.39, 0.29) is 23.9 Å². The number of halogens is 1. The summed E-state index contributed by atoms with van der Waals surface area (Å²) in [6.45, 7) is 0.831. The predicted octanol–water partition coefficient (Wildman–Crippen LogP) is 4.75. The molecule has 0 saturated carbocycles. The van der Waals surface area contributed by atoms with Crippen molar-refractivity contribution in [3.8, 4) is 11.5 Å². The molecule has 1 aliphatic heterocycles. The molecule has 0 radical (unpaired) electrons. The maximum atomic E-state index is 13.4. The molecular weight excluding hydrogens is 401 g/mol. The highest BCUT2D eigenvalue weighted by Crippen LogP contribution is 2.33. The number of ether oxygens (including phenoxy) is 2. The van der Waals surface area contributed by atoms with Gasteiger partial charge in [-0.1, -0.05) is 6.07 Å². The number of fused-ring (bicyclic) bond motifs is 2. The number of nitrogen functional groups attached to an aromatic ring is 1. The van der Waals surface area contributed by atoms with Gasteiger partial charge in [-0.2, -0.15) is 0 Å². The third-order valence-corrected chi connectivity index (χ3v) is 4.94. The van der Waals surface area contributed by atoms with Crippen molar-refractivity contribution in [2.24, 2.45) is 0 Å². The predicted molar refractivity (Wildman–Crippen MR) is 115 cm³/mol. The first kappa shape index (κ1) is 18.8. The fourth-order valence-electron chi connectivity index (χ4n) is 3.34. The molecule has 4 N–H and O–H groups in total. The topological polar surface area (TPSA) is 98.8 Å². The summed E-state index contributed by atoms with van der Waals surface area (Å²) in [5.41, 5.74) is 8.72. The highest BCUT2D eigenvalue weighted by Gasteiger charge is 2.15. The quantitative estimate of drug-likeness (QED) is 0.404. The normalized spacial score (nSPS) is 12.2. The van der Waals surface area contributed by atoms with Gasteiger partial charge in [-0.3, -0.25) is 4.79 Å². The van der Waals surface area contributed by atoms with Gasteiger partial charge in [-0.05, 0) is 60.2 Å². The number of carbonyl (C=O) groups excluding carboxylic acids is 1. The van der Waals surface area contributed by atoms with Gasteiger partial charge < -0.3 is 30.3 Å². The van der Waals surface area contributed by atoms with Gasteiger partial charge in [0.15, 0.2) is 17.3 Å². The van der Waals surface area contributed by atoms with Gasteiger partial charge in [0.25, 0.3) is 5.91 Å². The van der Waals surface area contributed by atoms with Crippen LogP contribution in [0.3, 0.4) is 0 Å². The molecule has 1 amide bonds. The summed E-state index contributed by atoms with van der Waals surface area (Å²) in [5, 5.41) is 6.67. The smallest absolute Gasteiger partial charge is 0.291 e. The standard InChI is InChI=1S/C23H18FN3O4/c24-15-2-4-17(25)18(10-15)27-23(28)22-9-14-8-16(3-6-19(14)31-22)26-11-13-1-5-20-21(7-13)30-12-29-20/h1-10,26H,11-12,25H2,(H,27,28). The lowest BCUT2D eigenvalue weighted by atomic mass is 10.2. The van der Waals surface area contributed by atoms with Gasteiger partial charge >= 0.3 is 0 Å². The van der Waals surface area contributed by atoms with Gasteiger partial charge in [0.05, 0.1) is 11.4 Å². The molecule has 0 bridgehead atoms. The molecule has 156 valence electrons. The fraction of sp³-hybridized carbons (Fsp3) is 0.0870. The highest BCUT2D eigenvalue weighted by molar-refractivity contribution is 6.06. The number of anilines is 3. The van der Waals surface area contributed by atoms with Crippen LogP contribution >= 0.6 is 0 Å². The fourth-order valence-corrected chi connectivity index (χ4v) is 3.34. The van der Waals surface area contributed by atoms with Crippen LogP contribution in [-0.2, 0) is 6.54 Å². The van der Waals surface area contributed by atoms with Crippen molar-refractivity contribution < 1.29 is 23.1 Å². The molecule has 0 aliphatic carbocycles. The maximum Gasteiger partial charge on any atom is 0.291 e. The van der Waals surface area contributed by atoms with E-state index in [1.54, 1.807) is 12.1 Å². The number of hydrogen-bond donors (Lipinski definition) is 3. The Morgan fingerprint density at radius 2 is 1.87 bits per heavy atom. The zero-order chi connectivity index (χ0) is 21.4. The summed E-state index contributed by atoms with van der Waals surface area (Å²) in [6.07, 6.45) is 0. The lowest BCUT2D eigenvalue weighted by Crippen LogP contribution is -2.12. The average molecular weight is 419 g/mol. The largest absolute Gasteiger partial charge is 0.454 e. The summed E-state index contributed by atoms with van der Waals surface area (Å²) in [4.78, 5) is 12.5. The van der Waals surface area contributed by atoms with Crippen LogP contribution in [0.15, 0.2) is 65.1 Å². The molecule has 4 aromatic rings. The van der Waals surface area contributed by atoms with Gasteiger partial charge in [-0.15, -0.1) is 0 Å². The minimum absolute atomic E-state index is 0.103. The van der Waals surface area contributed by atoms with Crippen molar-refractivity contribution in [2.75, 3.05) is 23.2 Å². The summed E-state index contributed by atoms with van der Waals surface area (Å²) < 4.78 is 29.8. The average Bonchev–Trinajstić information content (AvgIpc) is 3.40. The molecule has 0 unspecified atom stereocenters. The minimum atomic E-state index is -0.511. The number of nitrogens with one attached hydrogen (secondary N) is 2. The molecule has 1 aromatic heterocycles. The SMILES string of the molecule is Nc1ccc(F)cc1NC(=O)c1cc2cc(NCc3ccc4c(c3)OCO4)ccc2o1. The van der Waals surface area contributed by atoms with Crippen LogP contribution in [0.4, 0.5) is 21.5 Å².